The molecular weight excluding hydrogens is 821 g/mol. The van der Waals surface area contributed by atoms with Crippen molar-refractivity contribution in [2.45, 2.75) is 12.8 Å². The van der Waals surface area contributed by atoms with Crippen LogP contribution in [0.3, 0.4) is 0 Å². The lowest BCUT2D eigenvalue weighted by Gasteiger charge is -2.31. The molecule has 10 aromatic carbocycles. The number of hydrogen-bond donors (Lipinski definition) is 0. The summed E-state index contributed by atoms with van der Waals surface area (Å²) >= 11 is 0. The molecule has 2 heteroatoms. The van der Waals surface area contributed by atoms with Gasteiger partial charge in [0.2, 0.25) is 0 Å². The third kappa shape index (κ3) is 9.35. The molecule has 0 N–H and O–H groups in total. The standard InChI is InChI=1S/C66H50N2/c1-3-11-49(12-4-1)19-21-51-23-37-61(38-24-51)67(65-45-35-53-15-7-9-17-59(53)47-65)63-41-31-57(32-42-63)55-27-29-56(30-28-55)58-33-43-64(44-34-58)68(66-46-36-54-16-8-10-18-60(54)48-66)62-39-25-52(26-40-62)22-20-50-13-5-2-6-14-50/h1-35,37-47H,36,48H2. The smallest absolute Gasteiger partial charge is 0.0468 e. The maximum Gasteiger partial charge on any atom is 0.0468 e. The van der Waals surface area contributed by atoms with Crippen LogP contribution in [0.1, 0.15) is 33.4 Å². The minimum absolute atomic E-state index is 0.887. The summed E-state index contributed by atoms with van der Waals surface area (Å²) in [6, 6.07) is 89.7. The lowest BCUT2D eigenvalue weighted by Crippen LogP contribution is -2.21. The Balaban J connectivity index is 0.838. The van der Waals surface area contributed by atoms with Crippen LogP contribution < -0.4 is 9.80 Å². The van der Waals surface area contributed by atoms with Crippen molar-refractivity contribution in [2.75, 3.05) is 9.80 Å². The SMILES string of the molecule is C(=Cc1ccc(N(C2=CCc3ccccc3C2)c2ccc(-c3ccc(-c4ccc(N(c5ccc(C=Cc6ccccc6)cc5)c5ccc6ccccc6c5)cc4)cc3)cc2)cc1)c1ccccc1. The summed E-state index contributed by atoms with van der Waals surface area (Å²) in [5.74, 6) is 0. The van der Waals surface area contributed by atoms with E-state index in [4.69, 9.17) is 0 Å². The summed E-state index contributed by atoms with van der Waals surface area (Å²) in [5, 5.41) is 2.44. The van der Waals surface area contributed by atoms with Crippen molar-refractivity contribution in [1.29, 1.82) is 0 Å². The Morgan fingerprint density at radius 3 is 1.15 bits per heavy atom. The van der Waals surface area contributed by atoms with Gasteiger partial charge < -0.3 is 9.80 Å². The first-order chi connectivity index (χ1) is 33.7. The number of benzene rings is 10. The van der Waals surface area contributed by atoms with Gasteiger partial charge in [0.25, 0.3) is 0 Å². The summed E-state index contributed by atoms with van der Waals surface area (Å²) in [4.78, 5) is 4.77. The third-order valence-electron chi connectivity index (χ3n) is 13.0. The fourth-order valence-electron chi connectivity index (χ4n) is 9.28. The van der Waals surface area contributed by atoms with Gasteiger partial charge in [0.1, 0.15) is 0 Å². The molecule has 0 atom stereocenters. The molecule has 0 bridgehead atoms. The van der Waals surface area contributed by atoms with Gasteiger partial charge in [-0.25, -0.2) is 0 Å². The van der Waals surface area contributed by atoms with Crippen LogP contribution in [0, 0.1) is 0 Å². The topological polar surface area (TPSA) is 6.48 Å². The van der Waals surface area contributed by atoms with Crippen LogP contribution in [-0.2, 0) is 12.8 Å². The van der Waals surface area contributed by atoms with Crippen LogP contribution in [0.15, 0.2) is 260 Å². The van der Waals surface area contributed by atoms with E-state index in [2.05, 4.69) is 283 Å². The Morgan fingerprint density at radius 2 is 0.647 bits per heavy atom. The van der Waals surface area contributed by atoms with Gasteiger partial charge in [0.15, 0.2) is 0 Å². The van der Waals surface area contributed by atoms with Crippen LogP contribution in [-0.4, -0.2) is 0 Å². The number of fused-ring (bicyclic) bond motifs is 2. The Bertz CT molecular complexity index is 3380. The van der Waals surface area contributed by atoms with E-state index < -0.39 is 0 Å². The minimum atomic E-state index is 0.887. The van der Waals surface area contributed by atoms with E-state index in [0.29, 0.717) is 0 Å². The van der Waals surface area contributed by atoms with E-state index >= 15 is 0 Å². The van der Waals surface area contributed by atoms with Gasteiger partial charge in [-0.15, -0.1) is 0 Å². The summed E-state index contributed by atoms with van der Waals surface area (Å²) in [5.41, 5.74) is 19.2. The number of hydrogen-bond acceptors (Lipinski definition) is 2. The van der Waals surface area contributed by atoms with Crippen LogP contribution in [0.5, 0.6) is 0 Å². The second kappa shape index (κ2) is 19.4. The molecule has 2 nitrogen and oxygen atoms in total. The lowest BCUT2D eigenvalue weighted by molar-refractivity contribution is 0.964. The Kier molecular flexibility index (Phi) is 12.0. The van der Waals surface area contributed by atoms with Crippen LogP contribution in [0.4, 0.5) is 28.4 Å². The van der Waals surface area contributed by atoms with Crippen molar-refractivity contribution in [3.8, 4) is 22.3 Å². The first-order valence-corrected chi connectivity index (χ1v) is 23.5. The molecular formula is C66H50N2. The number of allylic oxidation sites excluding steroid dienone is 2. The van der Waals surface area contributed by atoms with Gasteiger partial charge in [-0.1, -0.05) is 218 Å². The molecule has 0 aliphatic heterocycles. The molecule has 1 aliphatic rings. The predicted molar refractivity (Wildman–Crippen MR) is 291 cm³/mol. The fraction of sp³-hybridized carbons (Fsp3) is 0.0303. The zero-order valence-corrected chi connectivity index (χ0v) is 37.9. The number of rotatable bonds is 12. The second-order valence-electron chi connectivity index (χ2n) is 17.4. The first kappa shape index (κ1) is 41.9. The second-order valence-corrected chi connectivity index (χ2v) is 17.4. The Labute approximate surface area is 400 Å². The maximum atomic E-state index is 2.43. The zero-order valence-electron chi connectivity index (χ0n) is 37.9. The molecule has 0 saturated carbocycles. The lowest BCUT2D eigenvalue weighted by atomic mass is 9.93. The molecule has 11 rings (SSSR count). The van der Waals surface area contributed by atoms with E-state index in [1.54, 1.807) is 0 Å². The summed E-state index contributed by atoms with van der Waals surface area (Å²) < 4.78 is 0. The highest BCUT2D eigenvalue weighted by Crippen LogP contribution is 2.39. The Morgan fingerprint density at radius 1 is 0.279 bits per heavy atom. The van der Waals surface area contributed by atoms with Gasteiger partial charge in [0, 0.05) is 40.6 Å². The highest BCUT2D eigenvalue weighted by Gasteiger charge is 2.20. The van der Waals surface area contributed by atoms with Crippen molar-refractivity contribution in [3.63, 3.8) is 0 Å². The molecule has 0 amide bonds. The summed E-state index contributed by atoms with van der Waals surface area (Å²) in [6.45, 7) is 0. The predicted octanol–water partition coefficient (Wildman–Crippen LogP) is 17.8. The summed E-state index contributed by atoms with van der Waals surface area (Å²) in [7, 11) is 0. The average molecular weight is 871 g/mol. The molecule has 1 aliphatic carbocycles. The van der Waals surface area contributed by atoms with Crippen LogP contribution in [0.25, 0.3) is 57.3 Å². The highest BCUT2D eigenvalue weighted by atomic mass is 15.2. The minimum Gasteiger partial charge on any atom is -0.314 e. The monoisotopic (exact) mass is 870 g/mol. The molecule has 0 aromatic heterocycles. The number of anilines is 5. The van der Waals surface area contributed by atoms with E-state index in [-0.39, 0.29) is 0 Å². The van der Waals surface area contributed by atoms with Gasteiger partial charge in [0.05, 0.1) is 0 Å². The Hall–Kier alpha value is -8.72. The molecule has 0 spiro atoms. The highest BCUT2D eigenvalue weighted by molar-refractivity contribution is 5.90. The zero-order chi connectivity index (χ0) is 45.5. The largest absolute Gasteiger partial charge is 0.314 e. The van der Waals surface area contributed by atoms with E-state index in [0.717, 1.165) is 46.8 Å². The number of nitrogens with zero attached hydrogens (tertiary/aromatic N) is 2. The van der Waals surface area contributed by atoms with E-state index in [1.807, 2.05) is 6.07 Å². The van der Waals surface area contributed by atoms with Gasteiger partial charge >= 0.3 is 0 Å². The molecule has 0 radical (unpaired) electrons. The third-order valence-corrected chi connectivity index (χ3v) is 13.0. The van der Waals surface area contributed by atoms with Crippen molar-refractivity contribution in [1.82, 2.24) is 0 Å². The van der Waals surface area contributed by atoms with Crippen LogP contribution in [0.2, 0.25) is 0 Å². The van der Waals surface area contributed by atoms with Crippen LogP contribution >= 0.6 is 0 Å². The van der Waals surface area contributed by atoms with Gasteiger partial charge in [-0.2, -0.15) is 0 Å². The van der Waals surface area contributed by atoms with E-state index in [1.165, 1.54) is 66.5 Å². The first-order valence-electron chi connectivity index (χ1n) is 23.5. The molecule has 0 saturated heterocycles. The quantitative estimate of drug-likeness (QED) is 0.113. The fourth-order valence-corrected chi connectivity index (χ4v) is 9.28. The molecule has 0 heterocycles. The summed E-state index contributed by atoms with van der Waals surface area (Å²) in [6.07, 6.45) is 12.9. The molecule has 10 aromatic rings. The normalized spacial score (nSPS) is 12.3. The van der Waals surface area contributed by atoms with Crippen molar-refractivity contribution in [2.24, 2.45) is 0 Å². The van der Waals surface area contributed by atoms with Gasteiger partial charge in [-0.3, -0.25) is 0 Å². The molecule has 0 fully saturated rings. The van der Waals surface area contributed by atoms with E-state index in [9.17, 15) is 0 Å². The van der Waals surface area contributed by atoms with Crippen molar-refractivity contribution < 1.29 is 0 Å². The van der Waals surface area contributed by atoms with Crippen molar-refractivity contribution >= 4 is 63.5 Å². The molecule has 68 heavy (non-hydrogen) atoms. The molecule has 0 unspecified atom stereocenters. The maximum absolute atomic E-state index is 2.43. The molecule has 324 valence electrons. The van der Waals surface area contributed by atoms with Gasteiger partial charge in [-0.05, 0) is 133 Å². The van der Waals surface area contributed by atoms with Crippen molar-refractivity contribution in [3.05, 3.63) is 294 Å². The average Bonchev–Trinajstić information content (AvgIpc) is 3.41.